The fourth-order valence-electron chi connectivity index (χ4n) is 2.50. The Bertz CT molecular complexity index is 910. The number of carbonyl (C=O) groups is 1. The van der Waals surface area contributed by atoms with E-state index >= 15 is 0 Å². The molecule has 130 valence electrons. The van der Waals surface area contributed by atoms with Gasteiger partial charge in [0.05, 0.1) is 19.9 Å². The van der Waals surface area contributed by atoms with Crippen molar-refractivity contribution in [2.75, 3.05) is 19.5 Å². The van der Waals surface area contributed by atoms with Gasteiger partial charge in [-0.25, -0.2) is 0 Å². The van der Waals surface area contributed by atoms with Crippen molar-refractivity contribution < 1.29 is 14.3 Å². The van der Waals surface area contributed by atoms with Gasteiger partial charge in [-0.15, -0.1) is 0 Å². The zero-order chi connectivity index (χ0) is 18.6. The lowest BCUT2D eigenvalue weighted by molar-refractivity contribution is -0.116. The Morgan fingerprint density at radius 3 is 2.56 bits per heavy atom. The number of hydrogen-bond acceptors (Lipinski definition) is 5. The molecular formula is C18H19N3O4. The van der Waals surface area contributed by atoms with Gasteiger partial charge in [0.25, 0.3) is 5.56 Å². The molecule has 7 heteroatoms. The summed E-state index contributed by atoms with van der Waals surface area (Å²) in [5, 5.41) is 11.8. The Morgan fingerprint density at radius 2 is 1.96 bits per heavy atom. The van der Waals surface area contributed by atoms with Gasteiger partial charge >= 0.3 is 0 Å². The molecule has 2 aromatic rings. The molecule has 25 heavy (non-hydrogen) atoms. The van der Waals surface area contributed by atoms with Crippen molar-refractivity contribution in [2.24, 2.45) is 0 Å². The van der Waals surface area contributed by atoms with E-state index in [4.69, 9.17) is 14.7 Å². The summed E-state index contributed by atoms with van der Waals surface area (Å²) in [4.78, 5) is 24.8. The van der Waals surface area contributed by atoms with Crippen LogP contribution in [-0.2, 0) is 11.3 Å². The molecule has 0 fully saturated rings. The number of amides is 1. The second-order valence-corrected chi connectivity index (χ2v) is 5.46. The van der Waals surface area contributed by atoms with Crippen molar-refractivity contribution in [1.29, 1.82) is 5.26 Å². The predicted molar refractivity (Wildman–Crippen MR) is 93.1 cm³/mol. The number of nitrogens with one attached hydrogen (secondary N) is 1. The molecule has 0 atom stereocenters. The number of nitriles is 1. The fourth-order valence-corrected chi connectivity index (χ4v) is 2.50. The van der Waals surface area contributed by atoms with E-state index in [0.717, 1.165) is 0 Å². The molecule has 1 amide bonds. The first-order chi connectivity index (χ1) is 11.9. The van der Waals surface area contributed by atoms with Gasteiger partial charge in [-0.2, -0.15) is 5.26 Å². The Kier molecular flexibility index (Phi) is 5.45. The predicted octanol–water partition coefficient (Wildman–Crippen LogP) is 1.99. The van der Waals surface area contributed by atoms with Crippen LogP contribution in [0.1, 0.15) is 16.8 Å². The minimum Gasteiger partial charge on any atom is -0.497 e. The number of aromatic nitrogens is 1. The number of nitrogens with zero attached hydrogens (tertiary/aromatic N) is 2. The molecule has 0 saturated carbocycles. The Hall–Kier alpha value is -3.27. The number of methoxy groups -OCH3 is 2. The van der Waals surface area contributed by atoms with Crippen LogP contribution in [0.25, 0.3) is 0 Å². The van der Waals surface area contributed by atoms with E-state index in [1.54, 1.807) is 38.1 Å². The average molecular weight is 341 g/mol. The minimum absolute atomic E-state index is 0.0392. The quantitative estimate of drug-likeness (QED) is 0.898. The lowest BCUT2D eigenvalue weighted by atomic mass is 10.1. The van der Waals surface area contributed by atoms with Gasteiger partial charge in [-0.3, -0.25) is 9.59 Å². The van der Waals surface area contributed by atoms with Crippen LogP contribution in [0, 0.1) is 25.2 Å². The van der Waals surface area contributed by atoms with E-state index in [1.807, 2.05) is 6.07 Å². The highest BCUT2D eigenvalue weighted by molar-refractivity contribution is 5.92. The van der Waals surface area contributed by atoms with E-state index in [1.165, 1.54) is 18.8 Å². The third-order valence-corrected chi connectivity index (χ3v) is 3.80. The van der Waals surface area contributed by atoms with E-state index in [0.29, 0.717) is 28.4 Å². The van der Waals surface area contributed by atoms with E-state index in [-0.39, 0.29) is 12.1 Å². The third kappa shape index (κ3) is 3.80. The van der Waals surface area contributed by atoms with Crippen LogP contribution >= 0.6 is 0 Å². The number of hydrogen-bond donors (Lipinski definition) is 1. The van der Waals surface area contributed by atoms with Crippen LogP contribution in [-0.4, -0.2) is 24.7 Å². The first kappa shape index (κ1) is 18.1. The van der Waals surface area contributed by atoms with Crippen LogP contribution in [0.3, 0.4) is 0 Å². The minimum atomic E-state index is -0.479. The number of aryl methyl sites for hydroxylation is 2. The second-order valence-electron chi connectivity index (χ2n) is 5.46. The van der Waals surface area contributed by atoms with Gasteiger partial charge in [0.1, 0.15) is 29.7 Å². The zero-order valence-electron chi connectivity index (χ0n) is 14.5. The number of carbonyl (C=O) groups excluding carboxylic acids is 1. The monoisotopic (exact) mass is 341 g/mol. The number of ether oxygens (including phenoxy) is 2. The van der Waals surface area contributed by atoms with Gasteiger partial charge in [0.15, 0.2) is 0 Å². The van der Waals surface area contributed by atoms with E-state index in [2.05, 4.69) is 5.32 Å². The molecule has 1 aromatic heterocycles. The molecule has 0 aliphatic rings. The molecular weight excluding hydrogens is 322 g/mol. The summed E-state index contributed by atoms with van der Waals surface area (Å²) in [5.74, 6) is 0.621. The molecule has 7 nitrogen and oxygen atoms in total. The smallest absolute Gasteiger partial charge is 0.269 e. The van der Waals surface area contributed by atoms with Gasteiger partial charge in [0, 0.05) is 11.8 Å². The van der Waals surface area contributed by atoms with Crippen LogP contribution in [0.5, 0.6) is 11.5 Å². The number of benzene rings is 1. The summed E-state index contributed by atoms with van der Waals surface area (Å²) in [5.41, 5.74) is 1.20. The van der Waals surface area contributed by atoms with E-state index in [9.17, 15) is 9.59 Å². The maximum Gasteiger partial charge on any atom is 0.269 e. The van der Waals surface area contributed by atoms with Crippen molar-refractivity contribution in [3.8, 4) is 17.6 Å². The molecule has 0 aliphatic heterocycles. The maximum atomic E-state index is 12.4. The summed E-state index contributed by atoms with van der Waals surface area (Å²) in [6, 6.07) is 8.60. The Balaban J connectivity index is 2.31. The van der Waals surface area contributed by atoms with Crippen molar-refractivity contribution in [3.05, 3.63) is 51.4 Å². The molecule has 0 aliphatic carbocycles. The van der Waals surface area contributed by atoms with Gasteiger partial charge in [-0.05, 0) is 37.6 Å². The zero-order valence-corrected chi connectivity index (χ0v) is 14.5. The molecule has 2 rings (SSSR count). The third-order valence-electron chi connectivity index (χ3n) is 3.80. The SMILES string of the molecule is COc1ccc(OC)c(NC(=O)Cn2c(C)cc(C)c(C#N)c2=O)c1. The molecule has 1 N–H and O–H groups in total. The van der Waals surface area contributed by atoms with Crippen LogP contribution in [0.15, 0.2) is 29.1 Å². The summed E-state index contributed by atoms with van der Waals surface area (Å²) >= 11 is 0. The highest BCUT2D eigenvalue weighted by atomic mass is 16.5. The van der Waals surface area contributed by atoms with Crippen LogP contribution in [0.4, 0.5) is 5.69 Å². The van der Waals surface area contributed by atoms with Crippen molar-refractivity contribution in [3.63, 3.8) is 0 Å². The Morgan fingerprint density at radius 1 is 1.24 bits per heavy atom. The first-order valence-corrected chi connectivity index (χ1v) is 7.54. The summed E-state index contributed by atoms with van der Waals surface area (Å²) in [6.07, 6.45) is 0. The van der Waals surface area contributed by atoms with Crippen molar-refractivity contribution in [1.82, 2.24) is 4.57 Å². The molecule has 1 heterocycles. The molecule has 0 saturated heterocycles. The first-order valence-electron chi connectivity index (χ1n) is 7.54. The largest absolute Gasteiger partial charge is 0.497 e. The normalized spacial score (nSPS) is 10.0. The highest BCUT2D eigenvalue weighted by Gasteiger charge is 2.14. The lowest BCUT2D eigenvalue weighted by Gasteiger charge is -2.14. The van der Waals surface area contributed by atoms with E-state index < -0.39 is 11.5 Å². The molecule has 1 aromatic carbocycles. The van der Waals surface area contributed by atoms with Crippen molar-refractivity contribution in [2.45, 2.75) is 20.4 Å². The van der Waals surface area contributed by atoms with Crippen LogP contribution < -0.4 is 20.3 Å². The highest BCUT2D eigenvalue weighted by Crippen LogP contribution is 2.28. The van der Waals surface area contributed by atoms with Gasteiger partial charge in [-0.1, -0.05) is 0 Å². The fraction of sp³-hybridized carbons (Fsp3) is 0.278. The number of rotatable bonds is 5. The second kappa shape index (κ2) is 7.53. The van der Waals surface area contributed by atoms with Crippen LogP contribution in [0.2, 0.25) is 0 Å². The maximum absolute atomic E-state index is 12.4. The number of pyridine rings is 1. The van der Waals surface area contributed by atoms with Gasteiger partial charge in [0.2, 0.25) is 5.91 Å². The molecule has 0 radical (unpaired) electrons. The van der Waals surface area contributed by atoms with Gasteiger partial charge < -0.3 is 19.4 Å². The topological polar surface area (TPSA) is 93.3 Å². The molecule has 0 bridgehead atoms. The van der Waals surface area contributed by atoms with Crippen molar-refractivity contribution >= 4 is 11.6 Å². The molecule has 0 spiro atoms. The average Bonchev–Trinajstić information content (AvgIpc) is 2.58. The molecule has 0 unspecified atom stereocenters. The summed E-state index contributed by atoms with van der Waals surface area (Å²) < 4.78 is 11.6. The number of anilines is 1. The Labute approximate surface area is 145 Å². The standard InChI is InChI=1S/C18H19N3O4/c1-11-7-12(2)21(18(23)14(11)9-19)10-17(22)20-15-8-13(24-3)5-6-16(15)25-4/h5-8H,10H2,1-4H3,(H,20,22). The lowest BCUT2D eigenvalue weighted by Crippen LogP contribution is -2.31. The summed E-state index contributed by atoms with van der Waals surface area (Å²) in [7, 11) is 3.01. The summed E-state index contributed by atoms with van der Waals surface area (Å²) in [6.45, 7) is 3.20.